The predicted octanol–water partition coefficient (Wildman–Crippen LogP) is 12.9. The lowest BCUT2D eigenvalue weighted by Crippen LogP contribution is -2.09. The van der Waals surface area contributed by atoms with Gasteiger partial charge in [0.15, 0.2) is 5.82 Å². The van der Waals surface area contributed by atoms with Crippen LogP contribution in [0.4, 0.5) is 34.1 Å². The lowest BCUT2D eigenvalue weighted by atomic mass is 10.0. The molecule has 0 bridgehead atoms. The van der Waals surface area contributed by atoms with Crippen LogP contribution in [0, 0.1) is 0 Å². The minimum Gasteiger partial charge on any atom is -0.323 e. The van der Waals surface area contributed by atoms with Crippen LogP contribution >= 0.6 is 11.3 Å². The van der Waals surface area contributed by atoms with Crippen molar-refractivity contribution in [1.29, 1.82) is 0 Å². The standard InChI is InChI=1S/C45H36N4S/c1-2-47-44(35-27-31-41(32-28-35)49(38-20-11-5-12-21-38)39-22-13-6-14-23-39)43(46-45(47)42-24-15-33-50-42)34-25-29-40(30-26-34)48(36-16-7-3-8-17-36)37-18-9-4-10-19-37/h3-33H,2H2,1H3. The molecule has 8 rings (SSSR count). The number of hydrogen-bond donors (Lipinski definition) is 0. The van der Waals surface area contributed by atoms with E-state index in [0.29, 0.717) is 0 Å². The first kappa shape index (κ1) is 31.1. The monoisotopic (exact) mass is 664 g/mol. The summed E-state index contributed by atoms with van der Waals surface area (Å²) >= 11 is 1.72. The fraction of sp³-hybridized carbons (Fsp3) is 0.0444. The van der Waals surface area contributed by atoms with Gasteiger partial charge < -0.3 is 14.4 Å². The summed E-state index contributed by atoms with van der Waals surface area (Å²) in [6, 6.07) is 64.1. The summed E-state index contributed by atoms with van der Waals surface area (Å²) in [4.78, 5) is 11.1. The van der Waals surface area contributed by atoms with E-state index in [1.165, 1.54) is 0 Å². The van der Waals surface area contributed by atoms with Crippen molar-refractivity contribution in [3.05, 3.63) is 187 Å². The molecule has 0 aliphatic carbocycles. The average molecular weight is 665 g/mol. The maximum atomic E-state index is 5.36. The van der Waals surface area contributed by atoms with Gasteiger partial charge in [0.25, 0.3) is 0 Å². The van der Waals surface area contributed by atoms with Crippen LogP contribution in [0.5, 0.6) is 0 Å². The Bertz CT molecular complexity index is 2190. The Morgan fingerprint density at radius 1 is 0.460 bits per heavy atom. The van der Waals surface area contributed by atoms with E-state index in [4.69, 9.17) is 4.98 Å². The van der Waals surface area contributed by atoms with Crippen molar-refractivity contribution >= 4 is 45.5 Å². The van der Waals surface area contributed by atoms with Gasteiger partial charge >= 0.3 is 0 Å². The molecule has 0 N–H and O–H groups in total. The summed E-state index contributed by atoms with van der Waals surface area (Å²) in [5.74, 6) is 0.992. The summed E-state index contributed by atoms with van der Waals surface area (Å²) < 4.78 is 2.36. The zero-order valence-corrected chi connectivity index (χ0v) is 28.6. The van der Waals surface area contributed by atoms with Gasteiger partial charge in [0, 0.05) is 51.8 Å². The van der Waals surface area contributed by atoms with Gasteiger partial charge in [-0.15, -0.1) is 11.3 Å². The first-order chi connectivity index (χ1) is 24.8. The van der Waals surface area contributed by atoms with E-state index in [2.05, 4.69) is 209 Å². The van der Waals surface area contributed by atoms with Crippen LogP contribution in [0.2, 0.25) is 0 Å². The van der Waals surface area contributed by atoms with Crippen LogP contribution in [-0.2, 0) is 6.54 Å². The second-order valence-corrected chi connectivity index (χ2v) is 12.9. The SMILES string of the molecule is CCn1c(-c2cccs2)nc(-c2ccc(N(c3ccccc3)c3ccccc3)cc2)c1-c1ccc(N(c2ccccc2)c2ccccc2)cc1. The van der Waals surface area contributed by atoms with Crippen LogP contribution in [-0.4, -0.2) is 9.55 Å². The maximum Gasteiger partial charge on any atom is 0.151 e. The molecule has 6 aromatic carbocycles. The summed E-state index contributed by atoms with van der Waals surface area (Å²) in [6.45, 7) is 3.00. The van der Waals surface area contributed by atoms with Crippen molar-refractivity contribution < 1.29 is 0 Å². The second-order valence-electron chi connectivity index (χ2n) is 12.0. The molecule has 0 saturated carbocycles. The Balaban J connectivity index is 1.22. The minimum absolute atomic E-state index is 0.797. The van der Waals surface area contributed by atoms with Gasteiger partial charge in [0.1, 0.15) is 0 Å². The molecule has 2 aromatic heterocycles. The molecule has 0 unspecified atom stereocenters. The highest BCUT2D eigenvalue weighted by Gasteiger charge is 2.22. The first-order valence-corrected chi connectivity index (χ1v) is 17.8. The lowest BCUT2D eigenvalue weighted by Gasteiger charge is -2.26. The van der Waals surface area contributed by atoms with Gasteiger partial charge in [-0.3, -0.25) is 0 Å². The van der Waals surface area contributed by atoms with E-state index in [9.17, 15) is 0 Å². The predicted molar refractivity (Wildman–Crippen MR) is 211 cm³/mol. The van der Waals surface area contributed by atoms with Crippen LogP contribution in [0.15, 0.2) is 187 Å². The fourth-order valence-electron chi connectivity index (χ4n) is 6.59. The van der Waals surface area contributed by atoms with Crippen molar-refractivity contribution in [2.45, 2.75) is 13.5 Å². The molecular weight excluding hydrogens is 629 g/mol. The molecule has 0 radical (unpaired) electrons. The summed E-state index contributed by atoms with van der Waals surface area (Å²) in [7, 11) is 0. The zero-order chi connectivity index (χ0) is 33.7. The molecule has 0 aliphatic heterocycles. The summed E-state index contributed by atoms with van der Waals surface area (Å²) in [5.41, 5.74) is 10.9. The number of thiophene rings is 1. The molecule has 0 amide bonds. The van der Waals surface area contributed by atoms with E-state index in [-0.39, 0.29) is 0 Å². The van der Waals surface area contributed by atoms with Crippen LogP contribution in [0.3, 0.4) is 0 Å². The Kier molecular flexibility index (Phi) is 8.79. The fourth-order valence-corrected chi connectivity index (χ4v) is 7.31. The van der Waals surface area contributed by atoms with Crippen molar-refractivity contribution in [3.8, 4) is 33.2 Å². The number of anilines is 6. The molecule has 0 saturated heterocycles. The van der Waals surface area contributed by atoms with Gasteiger partial charge in [0.2, 0.25) is 0 Å². The topological polar surface area (TPSA) is 24.3 Å². The van der Waals surface area contributed by atoms with E-state index in [0.717, 1.165) is 73.9 Å². The highest BCUT2D eigenvalue weighted by Crippen LogP contribution is 2.41. The van der Waals surface area contributed by atoms with Gasteiger partial charge in [-0.25, -0.2) is 4.98 Å². The summed E-state index contributed by atoms with van der Waals surface area (Å²) in [5, 5.41) is 2.12. The third kappa shape index (κ3) is 6.11. The Morgan fingerprint density at radius 2 is 0.860 bits per heavy atom. The number of aromatic nitrogens is 2. The number of rotatable bonds is 10. The van der Waals surface area contributed by atoms with E-state index < -0.39 is 0 Å². The van der Waals surface area contributed by atoms with Crippen LogP contribution in [0.1, 0.15) is 6.92 Å². The number of nitrogens with zero attached hydrogens (tertiary/aromatic N) is 4. The Morgan fingerprint density at radius 3 is 1.24 bits per heavy atom. The van der Waals surface area contributed by atoms with Crippen LogP contribution in [0.25, 0.3) is 33.2 Å². The molecule has 2 heterocycles. The zero-order valence-electron chi connectivity index (χ0n) is 27.8. The third-order valence-corrected chi connectivity index (χ3v) is 9.75. The molecule has 0 fully saturated rings. The smallest absolute Gasteiger partial charge is 0.151 e. The van der Waals surface area contributed by atoms with Gasteiger partial charge in [0.05, 0.1) is 16.3 Å². The second kappa shape index (κ2) is 14.1. The lowest BCUT2D eigenvalue weighted by molar-refractivity contribution is 0.779. The number of benzene rings is 6. The molecule has 242 valence electrons. The number of hydrogen-bond acceptors (Lipinski definition) is 4. The molecular formula is C45H36N4S. The molecule has 5 heteroatoms. The highest BCUT2D eigenvalue weighted by molar-refractivity contribution is 7.13. The summed E-state index contributed by atoms with van der Waals surface area (Å²) in [6.07, 6.45) is 0. The van der Waals surface area contributed by atoms with Crippen molar-refractivity contribution in [3.63, 3.8) is 0 Å². The molecule has 0 aliphatic rings. The van der Waals surface area contributed by atoms with E-state index in [1.807, 2.05) is 0 Å². The van der Waals surface area contributed by atoms with E-state index >= 15 is 0 Å². The quantitative estimate of drug-likeness (QED) is 0.145. The van der Waals surface area contributed by atoms with Crippen molar-refractivity contribution in [1.82, 2.24) is 9.55 Å². The number of imidazole rings is 1. The number of para-hydroxylation sites is 4. The molecule has 50 heavy (non-hydrogen) atoms. The normalized spacial score (nSPS) is 11.0. The highest BCUT2D eigenvalue weighted by atomic mass is 32.1. The van der Waals surface area contributed by atoms with Gasteiger partial charge in [-0.05, 0) is 91.2 Å². The van der Waals surface area contributed by atoms with Gasteiger partial charge in [-0.1, -0.05) is 103 Å². The minimum atomic E-state index is 0.797. The van der Waals surface area contributed by atoms with Gasteiger partial charge in [-0.2, -0.15) is 0 Å². The van der Waals surface area contributed by atoms with Crippen LogP contribution < -0.4 is 9.80 Å². The average Bonchev–Trinajstić information content (AvgIpc) is 3.86. The molecule has 0 atom stereocenters. The third-order valence-electron chi connectivity index (χ3n) is 8.88. The molecule has 4 nitrogen and oxygen atoms in total. The molecule has 0 spiro atoms. The largest absolute Gasteiger partial charge is 0.323 e. The van der Waals surface area contributed by atoms with E-state index in [1.54, 1.807) is 11.3 Å². The van der Waals surface area contributed by atoms with Crippen molar-refractivity contribution in [2.75, 3.05) is 9.80 Å². The maximum absolute atomic E-state index is 5.36. The van der Waals surface area contributed by atoms with Crippen molar-refractivity contribution in [2.24, 2.45) is 0 Å². The molecule has 8 aromatic rings. The Hall–Kier alpha value is -6.17. The Labute approximate surface area is 297 Å². The first-order valence-electron chi connectivity index (χ1n) is 16.9.